The Morgan fingerprint density at radius 1 is 1.90 bits per heavy atom. The molecule has 0 bridgehead atoms. The summed E-state index contributed by atoms with van der Waals surface area (Å²) in [5.41, 5.74) is -0.00116. The van der Waals surface area contributed by atoms with Crippen molar-refractivity contribution in [1.82, 2.24) is 5.32 Å². The van der Waals surface area contributed by atoms with Gasteiger partial charge in [0.15, 0.2) is 0 Å². The molecule has 1 aliphatic heterocycles. The molecule has 2 nitrogen and oxygen atoms in total. The molecule has 0 aromatic heterocycles. The van der Waals surface area contributed by atoms with Crippen LogP contribution in [0.25, 0.3) is 0 Å². The van der Waals surface area contributed by atoms with Gasteiger partial charge in [-0.1, -0.05) is 6.08 Å². The molecular formula is C8H13NO. The highest BCUT2D eigenvalue weighted by atomic mass is 16.2. The summed E-state index contributed by atoms with van der Waals surface area (Å²) in [6.07, 6.45) is 4.34. The van der Waals surface area contributed by atoms with E-state index < -0.39 is 0 Å². The minimum atomic E-state index is -0.00116. The van der Waals surface area contributed by atoms with Crippen LogP contribution in [0.2, 0.25) is 0 Å². The molecule has 1 atom stereocenters. The molecule has 1 N–H and O–H groups in total. The third-order valence-electron chi connectivity index (χ3n) is 1.94. The highest BCUT2D eigenvalue weighted by Gasteiger charge is 2.31. The van der Waals surface area contributed by atoms with Crippen LogP contribution < -0.4 is 5.32 Å². The summed E-state index contributed by atoms with van der Waals surface area (Å²) in [6, 6.07) is 0. The SMILES string of the molecule is C=CCC1(C)CCC(=O)N1. The van der Waals surface area contributed by atoms with Gasteiger partial charge >= 0.3 is 0 Å². The Hall–Kier alpha value is -0.790. The Bertz CT molecular complexity index is 165. The molecule has 0 aromatic carbocycles. The van der Waals surface area contributed by atoms with E-state index in [4.69, 9.17) is 0 Å². The van der Waals surface area contributed by atoms with Crippen LogP contribution >= 0.6 is 0 Å². The van der Waals surface area contributed by atoms with Crippen LogP contribution in [0.4, 0.5) is 0 Å². The first-order valence-electron chi connectivity index (χ1n) is 3.58. The monoisotopic (exact) mass is 139 g/mol. The van der Waals surface area contributed by atoms with Gasteiger partial charge < -0.3 is 5.32 Å². The molecule has 1 aliphatic rings. The van der Waals surface area contributed by atoms with Gasteiger partial charge in [-0.15, -0.1) is 6.58 Å². The van der Waals surface area contributed by atoms with Gasteiger partial charge in [0.2, 0.25) is 5.91 Å². The second-order valence-corrected chi connectivity index (χ2v) is 3.10. The number of hydrogen-bond acceptors (Lipinski definition) is 1. The molecule has 10 heavy (non-hydrogen) atoms. The number of amides is 1. The zero-order valence-corrected chi connectivity index (χ0v) is 6.31. The van der Waals surface area contributed by atoms with E-state index in [9.17, 15) is 4.79 Å². The highest BCUT2D eigenvalue weighted by molar-refractivity contribution is 5.79. The minimum absolute atomic E-state index is 0.00116. The zero-order chi connectivity index (χ0) is 7.61. The molecule has 1 amide bonds. The summed E-state index contributed by atoms with van der Waals surface area (Å²) >= 11 is 0. The van der Waals surface area contributed by atoms with Crippen molar-refractivity contribution in [3.63, 3.8) is 0 Å². The van der Waals surface area contributed by atoms with Crippen LogP contribution in [0.5, 0.6) is 0 Å². The summed E-state index contributed by atoms with van der Waals surface area (Å²) in [7, 11) is 0. The molecule has 1 unspecified atom stereocenters. The number of rotatable bonds is 2. The lowest BCUT2D eigenvalue weighted by Crippen LogP contribution is -2.37. The summed E-state index contributed by atoms with van der Waals surface area (Å²) in [5, 5.41) is 2.92. The fourth-order valence-electron chi connectivity index (χ4n) is 1.32. The summed E-state index contributed by atoms with van der Waals surface area (Å²) < 4.78 is 0. The van der Waals surface area contributed by atoms with Gasteiger partial charge in [-0.2, -0.15) is 0 Å². The standard InChI is InChI=1S/C8H13NO/c1-3-5-8(2)6-4-7(10)9-8/h3H,1,4-6H2,2H3,(H,9,10). The predicted octanol–water partition coefficient (Wildman–Crippen LogP) is 1.23. The average Bonchev–Trinajstić information content (AvgIpc) is 2.12. The number of carbonyl (C=O) groups is 1. The summed E-state index contributed by atoms with van der Waals surface area (Å²) in [5.74, 6) is 0.171. The van der Waals surface area contributed by atoms with Gasteiger partial charge in [0.1, 0.15) is 0 Å². The summed E-state index contributed by atoms with van der Waals surface area (Å²) in [4.78, 5) is 10.8. The van der Waals surface area contributed by atoms with E-state index in [1.54, 1.807) is 0 Å². The normalized spacial score (nSPS) is 31.9. The van der Waals surface area contributed by atoms with E-state index in [-0.39, 0.29) is 11.4 Å². The molecule has 0 radical (unpaired) electrons. The van der Waals surface area contributed by atoms with Crippen LogP contribution in [0.15, 0.2) is 12.7 Å². The molecule has 0 saturated carbocycles. The van der Waals surface area contributed by atoms with Crippen molar-refractivity contribution in [1.29, 1.82) is 0 Å². The van der Waals surface area contributed by atoms with Crippen molar-refractivity contribution in [2.24, 2.45) is 0 Å². The van der Waals surface area contributed by atoms with E-state index in [1.165, 1.54) is 0 Å². The largest absolute Gasteiger partial charge is 0.351 e. The molecule has 0 aromatic rings. The van der Waals surface area contributed by atoms with Gasteiger partial charge in [0.05, 0.1) is 0 Å². The number of hydrogen-bond donors (Lipinski definition) is 1. The lowest BCUT2D eigenvalue weighted by Gasteiger charge is -2.21. The van der Waals surface area contributed by atoms with Crippen LogP contribution in [0.1, 0.15) is 26.2 Å². The minimum Gasteiger partial charge on any atom is -0.351 e. The maximum Gasteiger partial charge on any atom is 0.220 e. The first kappa shape index (κ1) is 7.32. The Kier molecular flexibility index (Phi) is 1.79. The Morgan fingerprint density at radius 2 is 2.60 bits per heavy atom. The third kappa shape index (κ3) is 1.38. The van der Waals surface area contributed by atoms with E-state index in [0.717, 1.165) is 12.8 Å². The highest BCUT2D eigenvalue weighted by Crippen LogP contribution is 2.22. The van der Waals surface area contributed by atoms with E-state index in [2.05, 4.69) is 18.8 Å². The van der Waals surface area contributed by atoms with Gasteiger partial charge in [0.25, 0.3) is 0 Å². The van der Waals surface area contributed by atoms with Crippen LogP contribution in [-0.2, 0) is 4.79 Å². The second kappa shape index (κ2) is 2.45. The van der Waals surface area contributed by atoms with Crippen molar-refractivity contribution >= 4 is 5.91 Å². The maximum absolute atomic E-state index is 10.8. The molecule has 1 heterocycles. The molecule has 1 rings (SSSR count). The topological polar surface area (TPSA) is 29.1 Å². The Balaban J connectivity index is 2.53. The molecule has 2 heteroatoms. The Morgan fingerprint density at radius 3 is 3.00 bits per heavy atom. The molecule has 56 valence electrons. The lowest BCUT2D eigenvalue weighted by molar-refractivity contribution is -0.119. The second-order valence-electron chi connectivity index (χ2n) is 3.10. The van der Waals surface area contributed by atoms with Crippen molar-refractivity contribution < 1.29 is 4.79 Å². The van der Waals surface area contributed by atoms with Crippen molar-refractivity contribution in [2.45, 2.75) is 31.7 Å². The van der Waals surface area contributed by atoms with Crippen LogP contribution in [-0.4, -0.2) is 11.4 Å². The molecule has 0 aliphatic carbocycles. The third-order valence-corrected chi connectivity index (χ3v) is 1.94. The number of nitrogens with one attached hydrogen (secondary N) is 1. The maximum atomic E-state index is 10.8. The summed E-state index contributed by atoms with van der Waals surface area (Å²) in [6.45, 7) is 5.70. The van der Waals surface area contributed by atoms with E-state index in [1.807, 2.05) is 6.08 Å². The zero-order valence-electron chi connectivity index (χ0n) is 6.31. The van der Waals surface area contributed by atoms with E-state index >= 15 is 0 Å². The van der Waals surface area contributed by atoms with Gasteiger partial charge in [0, 0.05) is 12.0 Å². The van der Waals surface area contributed by atoms with Gasteiger partial charge in [-0.05, 0) is 19.8 Å². The quantitative estimate of drug-likeness (QED) is 0.573. The first-order valence-corrected chi connectivity index (χ1v) is 3.58. The number of carbonyl (C=O) groups excluding carboxylic acids is 1. The van der Waals surface area contributed by atoms with Crippen LogP contribution in [0.3, 0.4) is 0 Å². The smallest absolute Gasteiger partial charge is 0.220 e. The van der Waals surface area contributed by atoms with Gasteiger partial charge in [-0.3, -0.25) is 4.79 Å². The van der Waals surface area contributed by atoms with Crippen molar-refractivity contribution in [3.8, 4) is 0 Å². The molecular weight excluding hydrogens is 126 g/mol. The molecule has 0 spiro atoms. The van der Waals surface area contributed by atoms with E-state index in [0.29, 0.717) is 6.42 Å². The molecule has 1 fully saturated rings. The fraction of sp³-hybridized carbons (Fsp3) is 0.625. The first-order chi connectivity index (χ1) is 4.66. The van der Waals surface area contributed by atoms with Crippen LogP contribution in [0, 0.1) is 0 Å². The van der Waals surface area contributed by atoms with Crippen molar-refractivity contribution in [2.75, 3.05) is 0 Å². The fourth-order valence-corrected chi connectivity index (χ4v) is 1.32. The lowest BCUT2D eigenvalue weighted by atomic mass is 9.96. The average molecular weight is 139 g/mol. The molecule has 1 saturated heterocycles. The Labute approximate surface area is 61.3 Å². The van der Waals surface area contributed by atoms with Gasteiger partial charge in [-0.25, -0.2) is 0 Å². The predicted molar refractivity (Wildman–Crippen MR) is 40.6 cm³/mol. The van der Waals surface area contributed by atoms with Crippen molar-refractivity contribution in [3.05, 3.63) is 12.7 Å².